The highest BCUT2D eigenvalue weighted by molar-refractivity contribution is 5.67. The summed E-state index contributed by atoms with van der Waals surface area (Å²) in [6, 6.07) is 27.4. The number of rotatable bonds is 8. The smallest absolute Gasteiger partial charge is 0.303 e. The Kier molecular flexibility index (Phi) is 6.74. The predicted octanol–water partition coefficient (Wildman–Crippen LogP) is 6.66. The highest BCUT2D eigenvalue weighted by Crippen LogP contribution is 2.30. The predicted molar refractivity (Wildman–Crippen MR) is 133 cm³/mol. The molecule has 1 atom stereocenters. The molecule has 4 nitrogen and oxygen atoms in total. The van der Waals surface area contributed by atoms with E-state index in [0.717, 1.165) is 28.2 Å². The normalized spacial score (nSPS) is 12.0. The van der Waals surface area contributed by atoms with Crippen LogP contribution in [0, 0.1) is 20.8 Å². The molecule has 1 aromatic heterocycles. The molecule has 0 radical (unpaired) electrons. The summed E-state index contributed by atoms with van der Waals surface area (Å²) in [5.41, 5.74) is 8.89. The van der Waals surface area contributed by atoms with Crippen LogP contribution in [0.1, 0.15) is 46.7 Å². The van der Waals surface area contributed by atoms with Gasteiger partial charge in [-0.2, -0.15) is 5.10 Å². The van der Waals surface area contributed by atoms with Crippen molar-refractivity contribution in [2.75, 3.05) is 0 Å². The molecule has 0 spiro atoms. The molecular weight excluding hydrogens is 408 g/mol. The standard InChI is InChI=1S/C29H30N2O2/c1-20-7-11-23(12-8-20)28-19-26(30-31(28)27-14-9-21(2)10-15-27)18-25(13-16-29(32)33)24-6-4-5-22(3)17-24/h4-12,14-15,17,19,25H,13,16,18H2,1-3H3,(H,32,33). The zero-order valence-electron chi connectivity index (χ0n) is 19.5. The third-order valence-electron chi connectivity index (χ3n) is 6.06. The zero-order chi connectivity index (χ0) is 23.4. The van der Waals surface area contributed by atoms with Gasteiger partial charge in [0.05, 0.1) is 17.1 Å². The summed E-state index contributed by atoms with van der Waals surface area (Å²) in [6.07, 6.45) is 1.41. The zero-order valence-corrected chi connectivity index (χ0v) is 19.5. The number of aromatic nitrogens is 2. The molecule has 0 amide bonds. The first-order valence-electron chi connectivity index (χ1n) is 11.4. The van der Waals surface area contributed by atoms with E-state index in [1.807, 2.05) is 10.7 Å². The van der Waals surface area contributed by atoms with Crippen molar-refractivity contribution in [3.8, 4) is 16.9 Å². The van der Waals surface area contributed by atoms with Crippen molar-refractivity contribution < 1.29 is 9.90 Å². The minimum absolute atomic E-state index is 0.0910. The number of carboxylic acids is 1. The highest BCUT2D eigenvalue weighted by Gasteiger charge is 2.19. The highest BCUT2D eigenvalue weighted by atomic mass is 16.4. The number of aryl methyl sites for hydroxylation is 3. The second-order valence-electron chi connectivity index (χ2n) is 8.88. The first kappa shape index (κ1) is 22.5. The maximum absolute atomic E-state index is 11.3. The van der Waals surface area contributed by atoms with Gasteiger partial charge in [0.1, 0.15) is 0 Å². The molecule has 4 heteroatoms. The van der Waals surface area contributed by atoms with Gasteiger partial charge in [0.2, 0.25) is 0 Å². The van der Waals surface area contributed by atoms with Crippen LogP contribution < -0.4 is 0 Å². The Balaban J connectivity index is 1.74. The molecule has 0 bridgehead atoms. The average Bonchev–Trinajstić information content (AvgIpc) is 3.21. The summed E-state index contributed by atoms with van der Waals surface area (Å²) < 4.78 is 2.00. The van der Waals surface area contributed by atoms with E-state index >= 15 is 0 Å². The van der Waals surface area contributed by atoms with Gasteiger partial charge in [0.25, 0.3) is 0 Å². The van der Waals surface area contributed by atoms with E-state index in [4.69, 9.17) is 5.10 Å². The van der Waals surface area contributed by atoms with Crippen molar-refractivity contribution >= 4 is 5.97 Å². The van der Waals surface area contributed by atoms with Gasteiger partial charge in [0, 0.05) is 12.0 Å². The second-order valence-corrected chi connectivity index (χ2v) is 8.88. The summed E-state index contributed by atoms with van der Waals surface area (Å²) in [5, 5.41) is 14.3. The van der Waals surface area contributed by atoms with Crippen molar-refractivity contribution in [1.82, 2.24) is 9.78 Å². The van der Waals surface area contributed by atoms with Gasteiger partial charge < -0.3 is 5.11 Å². The molecule has 0 aliphatic carbocycles. The molecule has 33 heavy (non-hydrogen) atoms. The Hall–Kier alpha value is -3.66. The van der Waals surface area contributed by atoms with Crippen molar-refractivity contribution in [1.29, 1.82) is 0 Å². The van der Waals surface area contributed by atoms with Crippen molar-refractivity contribution in [2.24, 2.45) is 0 Å². The molecule has 0 aliphatic heterocycles. The number of aliphatic carboxylic acids is 1. The Morgan fingerprint density at radius 3 is 2.18 bits per heavy atom. The summed E-state index contributed by atoms with van der Waals surface area (Å²) in [7, 11) is 0. The van der Waals surface area contributed by atoms with E-state index in [9.17, 15) is 9.90 Å². The van der Waals surface area contributed by atoms with Crippen LogP contribution in [-0.2, 0) is 11.2 Å². The Bertz CT molecular complexity index is 1170. The third kappa shape index (κ3) is 5.58. The lowest BCUT2D eigenvalue weighted by atomic mass is 9.89. The molecule has 0 aliphatic rings. The SMILES string of the molecule is Cc1ccc(-c2cc(CC(CCC(=O)O)c3cccc(C)c3)nn2-c2ccc(C)cc2)cc1. The van der Waals surface area contributed by atoms with E-state index in [1.165, 1.54) is 16.7 Å². The Morgan fingerprint density at radius 2 is 1.55 bits per heavy atom. The number of carboxylic acid groups (broad SMARTS) is 1. The summed E-state index contributed by atoms with van der Waals surface area (Å²) in [5.74, 6) is -0.675. The van der Waals surface area contributed by atoms with Crippen molar-refractivity contribution in [2.45, 2.75) is 46.0 Å². The Morgan fingerprint density at radius 1 is 0.879 bits per heavy atom. The fourth-order valence-electron chi connectivity index (χ4n) is 4.20. The van der Waals surface area contributed by atoms with E-state index in [2.05, 4.69) is 93.6 Å². The number of benzene rings is 3. The molecule has 168 valence electrons. The van der Waals surface area contributed by atoms with Gasteiger partial charge in [-0.3, -0.25) is 4.79 Å². The summed E-state index contributed by atoms with van der Waals surface area (Å²) >= 11 is 0. The number of hydrogen-bond donors (Lipinski definition) is 1. The van der Waals surface area contributed by atoms with Gasteiger partial charge in [-0.05, 0) is 63.3 Å². The largest absolute Gasteiger partial charge is 0.481 e. The van der Waals surface area contributed by atoms with Crippen LogP contribution in [-0.4, -0.2) is 20.9 Å². The number of hydrogen-bond acceptors (Lipinski definition) is 2. The van der Waals surface area contributed by atoms with Crippen LogP contribution in [0.3, 0.4) is 0 Å². The quantitative estimate of drug-likeness (QED) is 0.335. The molecule has 4 aromatic rings. The van der Waals surface area contributed by atoms with E-state index in [1.54, 1.807) is 0 Å². The molecule has 3 aromatic carbocycles. The number of carbonyl (C=O) groups is 1. The Labute approximate surface area is 195 Å². The van der Waals surface area contributed by atoms with Crippen LogP contribution >= 0.6 is 0 Å². The van der Waals surface area contributed by atoms with Crippen LogP contribution in [0.25, 0.3) is 16.9 Å². The topological polar surface area (TPSA) is 55.1 Å². The maximum Gasteiger partial charge on any atom is 0.303 e. The fraction of sp³-hybridized carbons (Fsp3) is 0.241. The van der Waals surface area contributed by atoms with Gasteiger partial charge in [0.15, 0.2) is 0 Å². The second kappa shape index (κ2) is 9.86. The monoisotopic (exact) mass is 438 g/mol. The van der Waals surface area contributed by atoms with Gasteiger partial charge >= 0.3 is 5.97 Å². The average molecular weight is 439 g/mol. The lowest BCUT2D eigenvalue weighted by molar-refractivity contribution is -0.137. The van der Waals surface area contributed by atoms with Crippen molar-refractivity contribution in [3.05, 3.63) is 107 Å². The molecule has 0 saturated carbocycles. The molecule has 1 heterocycles. The molecule has 4 rings (SSSR count). The van der Waals surface area contributed by atoms with Gasteiger partial charge in [-0.15, -0.1) is 0 Å². The van der Waals surface area contributed by atoms with E-state index < -0.39 is 5.97 Å². The van der Waals surface area contributed by atoms with Crippen LogP contribution in [0.5, 0.6) is 0 Å². The summed E-state index contributed by atoms with van der Waals surface area (Å²) in [6.45, 7) is 6.23. The van der Waals surface area contributed by atoms with Crippen LogP contribution in [0.2, 0.25) is 0 Å². The molecule has 0 fully saturated rings. The van der Waals surface area contributed by atoms with Crippen LogP contribution in [0.4, 0.5) is 0 Å². The minimum Gasteiger partial charge on any atom is -0.481 e. The molecule has 1 N–H and O–H groups in total. The maximum atomic E-state index is 11.3. The van der Waals surface area contributed by atoms with Gasteiger partial charge in [-0.1, -0.05) is 77.4 Å². The lowest BCUT2D eigenvalue weighted by Crippen LogP contribution is -2.08. The van der Waals surface area contributed by atoms with Gasteiger partial charge in [-0.25, -0.2) is 4.68 Å². The molecule has 0 saturated heterocycles. The first-order valence-corrected chi connectivity index (χ1v) is 11.4. The number of nitrogens with zero attached hydrogens (tertiary/aromatic N) is 2. The van der Waals surface area contributed by atoms with E-state index in [0.29, 0.717) is 12.8 Å². The minimum atomic E-state index is -0.766. The fourth-order valence-corrected chi connectivity index (χ4v) is 4.20. The molecule has 1 unspecified atom stereocenters. The van der Waals surface area contributed by atoms with E-state index in [-0.39, 0.29) is 12.3 Å². The third-order valence-corrected chi connectivity index (χ3v) is 6.06. The van der Waals surface area contributed by atoms with Crippen LogP contribution in [0.15, 0.2) is 78.9 Å². The lowest BCUT2D eigenvalue weighted by Gasteiger charge is -2.16. The van der Waals surface area contributed by atoms with Crippen molar-refractivity contribution in [3.63, 3.8) is 0 Å². The molecular formula is C29H30N2O2. The first-order chi connectivity index (χ1) is 15.9. The summed E-state index contributed by atoms with van der Waals surface area (Å²) in [4.78, 5) is 11.3.